The second-order valence-electron chi connectivity index (χ2n) is 4.33. The van der Waals surface area contributed by atoms with Gasteiger partial charge in [-0.2, -0.15) is 4.98 Å². The first-order valence-corrected chi connectivity index (χ1v) is 6.58. The maximum Gasteiger partial charge on any atom is 0.228 e. The largest absolute Gasteiger partial charge is 0.378 e. The Kier molecular flexibility index (Phi) is 5.10. The number of rotatable bonds is 6. The Balaban J connectivity index is 1.92. The lowest BCUT2D eigenvalue weighted by atomic mass is 10.2. The van der Waals surface area contributed by atoms with Crippen LogP contribution in [0.3, 0.4) is 0 Å². The predicted octanol–water partition coefficient (Wildman–Crippen LogP) is 1.09. The molecule has 0 spiro atoms. The summed E-state index contributed by atoms with van der Waals surface area (Å²) in [6, 6.07) is 0.263. The average molecular weight is 255 g/mol. The third-order valence-electron chi connectivity index (χ3n) is 2.93. The molecule has 1 fully saturated rings. The molecule has 0 amide bonds. The molecule has 2 rings (SSSR count). The summed E-state index contributed by atoms with van der Waals surface area (Å²) >= 11 is 0. The molecule has 1 aromatic rings. The summed E-state index contributed by atoms with van der Waals surface area (Å²) in [5, 5.41) is 7.35. The minimum atomic E-state index is -0.0666. The molecule has 2 heterocycles. The molecule has 1 N–H and O–H groups in total. The van der Waals surface area contributed by atoms with E-state index in [-0.39, 0.29) is 12.1 Å². The van der Waals surface area contributed by atoms with Gasteiger partial charge in [0.05, 0.1) is 13.2 Å². The molecule has 18 heavy (non-hydrogen) atoms. The van der Waals surface area contributed by atoms with Crippen molar-refractivity contribution in [3.8, 4) is 0 Å². The van der Waals surface area contributed by atoms with Crippen molar-refractivity contribution in [3.05, 3.63) is 11.7 Å². The highest BCUT2D eigenvalue weighted by Crippen LogP contribution is 2.18. The number of hydrogen-bond acceptors (Lipinski definition) is 6. The summed E-state index contributed by atoms with van der Waals surface area (Å²) in [4.78, 5) is 4.40. The van der Waals surface area contributed by atoms with E-state index in [2.05, 4.69) is 15.5 Å². The number of nitrogens with zero attached hydrogens (tertiary/aromatic N) is 2. The van der Waals surface area contributed by atoms with E-state index < -0.39 is 0 Å². The monoisotopic (exact) mass is 255 g/mol. The van der Waals surface area contributed by atoms with Crippen LogP contribution in [0.4, 0.5) is 0 Å². The van der Waals surface area contributed by atoms with Gasteiger partial charge in [0.2, 0.25) is 11.7 Å². The van der Waals surface area contributed by atoms with E-state index in [9.17, 15) is 0 Å². The quantitative estimate of drug-likeness (QED) is 0.820. The van der Waals surface area contributed by atoms with Crippen LogP contribution in [-0.4, -0.2) is 42.5 Å². The number of hydrogen-bond donors (Lipinski definition) is 1. The lowest BCUT2D eigenvalue weighted by Crippen LogP contribution is -2.42. The van der Waals surface area contributed by atoms with Crippen LogP contribution in [0.5, 0.6) is 0 Å². The molecular formula is C12H21N3O3. The van der Waals surface area contributed by atoms with Crippen molar-refractivity contribution < 1.29 is 14.0 Å². The van der Waals surface area contributed by atoms with Gasteiger partial charge in [-0.05, 0) is 13.3 Å². The predicted molar refractivity (Wildman–Crippen MR) is 65.3 cm³/mol. The lowest BCUT2D eigenvalue weighted by molar-refractivity contribution is 0.0518. The SMILES string of the molecule is CCOC(CC)c1noc(CC2COCCN2)n1. The molecule has 0 aromatic carbocycles. The molecule has 1 aromatic heterocycles. The Bertz CT molecular complexity index is 350. The van der Waals surface area contributed by atoms with E-state index in [1.54, 1.807) is 0 Å². The molecule has 1 aliphatic rings. The zero-order valence-corrected chi connectivity index (χ0v) is 11.0. The first-order chi connectivity index (χ1) is 8.83. The summed E-state index contributed by atoms with van der Waals surface area (Å²) in [6.45, 7) is 7.01. The van der Waals surface area contributed by atoms with Gasteiger partial charge in [0.1, 0.15) is 6.10 Å². The van der Waals surface area contributed by atoms with Gasteiger partial charge in [0, 0.05) is 25.6 Å². The standard InChI is InChI=1S/C12H21N3O3/c1-3-10(17-4-2)12-14-11(18-15-12)7-9-8-16-6-5-13-9/h9-10,13H,3-8H2,1-2H3. The zero-order valence-electron chi connectivity index (χ0n) is 11.0. The second kappa shape index (κ2) is 6.82. The molecule has 6 nitrogen and oxygen atoms in total. The van der Waals surface area contributed by atoms with E-state index in [1.165, 1.54) is 0 Å². The third-order valence-corrected chi connectivity index (χ3v) is 2.93. The summed E-state index contributed by atoms with van der Waals surface area (Å²) in [6.07, 6.45) is 1.48. The normalized spacial score (nSPS) is 22.0. The Hall–Kier alpha value is -0.980. The van der Waals surface area contributed by atoms with Crippen molar-refractivity contribution in [2.75, 3.05) is 26.4 Å². The Morgan fingerprint density at radius 2 is 2.39 bits per heavy atom. The number of ether oxygens (including phenoxy) is 2. The lowest BCUT2D eigenvalue weighted by Gasteiger charge is -2.22. The molecular weight excluding hydrogens is 234 g/mol. The van der Waals surface area contributed by atoms with Crippen LogP contribution < -0.4 is 5.32 Å². The van der Waals surface area contributed by atoms with Crippen LogP contribution in [0.25, 0.3) is 0 Å². The topological polar surface area (TPSA) is 69.4 Å². The van der Waals surface area contributed by atoms with Crippen LogP contribution >= 0.6 is 0 Å². The molecule has 1 saturated heterocycles. The van der Waals surface area contributed by atoms with Gasteiger partial charge >= 0.3 is 0 Å². The molecule has 6 heteroatoms. The number of morpholine rings is 1. The minimum Gasteiger partial charge on any atom is -0.378 e. The summed E-state index contributed by atoms with van der Waals surface area (Å²) in [5.74, 6) is 1.29. The summed E-state index contributed by atoms with van der Waals surface area (Å²) < 4.78 is 16.2. The van der Waals surface area contributed by atoms with Gasteiger partial charge in [-0.1, -0.05) is 12.1 Å². The van der Waals surface area contributed by atoms with Crippen LogP contribution in [0.1, 0.15) is 38.1 Å². The van der Waals surface area contributed by atoms with Crippen molar-refractivity contribution in [2.24, 2.45) is 0 Å². The molecule has 0 saturated carbocycles. The molecule has 0 aliphatic carbocycles. The van der Waals surface area contributed by atoms with E-state index in [1.807, 2.05) is 13.8 Å². The second-order valence-corrected chi connectivity index (χ2v) is 4.33. The molecule has 0 radical (unpaired) electrons. The van der Waals surface area contributed by atoms with Crippen molar-refractivity contribution in [1.29, 1.82) is 0 Å². The third kappa shape index (κ3) is 3.51. The first-order valence-electron chi connectivity index (χ1n) is 6.58. The fourth-order valence-electron chi connectivity index (χ4n) is 2.02. The number of aromatic nitrogens is 2. The maximum absolute atomic E-state index is 5.56. The van der Waals surface area contributed by atoms with Crippen molar-refractivity contribution >= 4 is 0 Å². The van der Waals surface area contributed by atoms with E-state index in [0.29, 0.717) is 31.3 Å². The van der Waals surface area contributed by atoms with E-state index in [4.69, 9.17) is 14.0 Å². The Labute approximate surface area is 107 Å². The maximum atomic E-state index is 5.56. The Morgan fingerprint density at radius 3 is 3.06 bits per heavy atom. The highest BCUT2D eigenvalue weighted by Gasteiger charge is 2.20. The Morgan fingerprint density at radius 1 is 1.50 bits per heavy atom. The summed E-state index contributed by atoms with van der Waals surface area (Å²) in [5.41, 5.74) is 0. The molecule has 1 aliphatic heterocycles. The van der Waals surface area contributed by atoms with Gasteiger partial charge in [-0.3, -0.25) is 0 Å². The van der Waals surface area contributed by atoms with Crippen molar-refractivity contribution in [1.82, 2.24) is 15.5 Å². The first kappa shape index (κ1) is 13.5. The molecule has 2 unspecified atom stereocenters. The van der Waals surface area contributed by atoms with Crippen molar-refractivity contribution in [3.63, 3.8) is 0 Å². The van der Waals surface area contributed by atoms with Crippen LogP contribution in [-0.2, 0) is 15.9 Å². The summed E-state index contributed by atoms with van der Waals surface area (Å²) in [7, 11) is 0. The van der Waals surface area contributed by atoms with Crippen LogP contribution in [0, 0.1) is 0 Å². The number of nitrogens with one attached hydrogen (secondary N) is 1. The highest BCUT2D eigenvalue weighted by atomic mass is 16.5. The molecule has 2 atom stereocenters. The molecule has 0 bridgehead atoms. The van der Waals surface area contributed by atoms with Gasteiger partial charge in [-0.25, -0.2) is 0 Å². The van der Waals surface area contributed by atoms with Crippen LogP contribution in [0.2, 0.25) is 0 Å². The fourth-order valence-corrected chi connectivity index (χ4v) is 2.02. The highest BCUT2D eigenvalue weighted by molar-refractivity contribution is 4.93. The molecule has 102 valence electrons. The van der Waals surface area contributed by atoms with Gasteiger partial charge in [0.15, 0.2) is 0 Å². The average Bonchev–Trinajstić information content (AvgIpc) is 2.85. The van der Waals surface area contributed by atoms with Gasteiger partial charge in [0.25, 0.3) is 0 Å². The zero-order chi connectivity index (χ0) is 12.8. The minimum absolute atomic E-state index is 0.0666. The fraction of sp³-hybridized carbons (Fsp3) is 0.833. The van der Waals surface area contributed by atoms with Gasteiger partial charge in [-0.15, -0.1) is 0 Å². The van der Waals surface area contributed by atoms with Gasteiger partial charge < -0.3 is 19.3 Å². The van der Waals surface area contributed by atoms with Crippen LogP contribution in [0.15, 0.2) is 4.52 Å². The van der Waals surface area contributed by atoms with Crippen molar-refractivity contribution in [2.45, 2.75) is 38.8 Å². The van der Waals surface area contributed by atoms with E-state index in [0.717, 1.165) is 19.6 Å². The van der Waals surface area contributed by atoms with E-state index >= 15 is 0 Å². The smallest absolute Gasteiger partial charge is 0.228 e.